The van der Waals surface area contributed by atoms with E-state index in [0.717, 1.165) is 60.2 Å². The summed E-state index contributed by atoms with van der Waals surface area (Å²) in [6.45, 7) is 1.91. The van der Waals surface area contributed by atoms with Gasteiger partial charge in [0.05, 0.1) is 40.1 Å². The van der Waals surface area contributed by atoms with E-state index in [9.17, 15) is 30.0 Å². The van der Waals surface area contributed by atoms with Crippen LogP contribution in [0.2, 0.25) is 0 Å². The number of amides is 1. The van der Waals surface area contributed by atoms with Crippen molar-refractivity contribution in [2.75, 3.05) is 19.7 Å². The van der Waals surface area contributed by atoms with Gasteiger partial charge >= 0.3 is 5.69 Å². The molecule has 2 fully saturated rings. The molecule has 4 heterocycles. The molecular formula is C40H40N6O7. The number of para-hydroxylation sites is 2. The highest BCUT2D eigenvalue weighted by atomic mass is 16.6. The fraction of sp³-hybridized carbons (Fsp3) is 0.300. The number of carbonyl (C=O) groups is 1. The number of fused-ring (bicyclic) bond motifs is 2. The van der Waals surface area contributed by atoms with Gasteiger partial charge in [0.25, 0.3) is 5.91 Å². The number of benzene rings is 4. The standard InChI is InChI=1S/C40H40N6O7/c47-22-32-36(48)37(49)35(39(51)53-32)44-38(50)26-14-15-28-30(20-26)42-34(33(41-28)24-6-2-1-3-7-24)25-12-10-23(11-13-25)21-45-18-16-27(17-19-45)46-31-9-5-4-8-29(31)43-40(46)52/h1-15,20,27,32,35-37,39,47-49,51H,16-19,21-22H2,(H,43,52)(H,44,50)/t32?,35-,36+,37-,39?/m0/s1. The van der Waals surface area contributed by atoms with Crippen LogP contribution in [0.3, 0.4) is 0 Å². The average Bonchev–Trinajstić information content (AvgIpc) is 3.53. The lowest BCUT2D eigenvalue weighted by atomic mass is 9.96. The molecule has 0 spiro atoms. The average molecular weight is 717 g/mol. The van der Waals surface area contributed by atoms with E-state index >= 15 is 0 Å². The van der Waals surface area contributed by atoms with Crippen LogP contribution in [-0.2, 0) is 11.3 Å². The minimum atomic E-state index is -1.64. The first kappa shape index (κ1) is 34.8. The number of aliphatic hydroxyl groups excluding tert-OH is 4. The summed E-state index contributed by atoms with van der Waals surface area (Å²) >= 11 is 0. The molecule has 6 aromatic rings. The van der Waals surface area contributed by atoms with Crippen molar-refractivity contribution < 1.29 is 30.0 Å². The zero-order chi connectivity index (χ0) is 36.6. The van der Waals surface area contributed by atoms with Gasteiger partial charge in [0.1, 0.15) is 24.4 Å². The van der Waals surface area contributed by atoms with E-state index in [-0.39, 0.29) is 17.3 Å². The Morgan fingerprint density at radius 3 is 2.25 bits per heavy atom. The lowest BCUT2D eigenvalue weighted by Crippen LogP contribution is -2.64. The highest BCUT2D eigenvalue weighted by Gasteiger charge is 2.44. The van der Waals surface area contributed by atoms with Crippen LogP contribution in [0.4, 0.5) is 0 Å². The number of piperidine rings is 1. The van der Waals surface area contributed by atoms with Crippen LogP contribution in [0, 0.1) is 0 Å². The van der Waals surface area contributed by atoms with E-state index in [0.29, 0.717) is 22.4 Å². The molecule has 13 nitrogen and oxygen atoms in total. The molecule has 4 aromatic carbocycles. The second kappa shape index (κ2) is 14.6. The Hall–Kier alpha value is -5.28. The van der Waals surface area contributed by atoms with Crippen molar-refractivity contribution in [1.29, 1.82) is 0 Å². The number of imidazole rings is 1. The predicted octanol–water partition coefficient (Wildman–Crippen LogP) is 2.97. The van der Waals surface area contributed by atoms with Gasteiger partial charge in [-0.05, 0) is 48.7 Å². The maximum Gasteiger partial charge on any atom is 0.326 e. The maximum absolute atomic E-state index is 13.3. The third-order valence-corrected chi connectivity index (χ3v) is 10.4. The summed E-state index contributed by atoms with van der Waals surface area (Å²) in [7, 11) is 0. The monoisotopic (exact) mass is 716 g/mol. The van der Waals surface area contributed by atoms with Crippen LogP contribution >= 0.6 is 0 Å². The van der Waals surface area contributed by atoms with Crippen molar-refractivity contribution in [3.8, 4) is 22.5 Å². The van der Waals surface area contributed by atoms with Crippen LogP contribution in [-0.4, -0.2) is 101 Å². The summed E-state index contributed by atoms with van der Waals surface area (Å²) in [5.41, 5.74) is 7.23. The molecule has 13 heteroatoms. The smallest absolute Gasteiger partial charge is 0.326 e. The number of hydrogen-bond donors (Lipinski definition) is 6. The Labute approximate surface area is 304 Å². The van der Waals surface area contributed by atoms with Crippen molar-refractivity contribution in [2.24, 2.45) is 0 Å². The zero-order valence-electron chi connectivity index (χ0n) is 28.7. The van der Waals surface area contributed by atoms with Crippen LogP contribution in [0.1, 0.15) is 34.8 Å². The number of H-pyrrole nitrogens is 1. The molecule has 0 radical (unpaired) electrons. The summed E-state index contributed by atoms with van der Waals surface area (Å²) in [5.74, 6) is -0.620. The van der Waals surface area contributed by atoms with Crippen LogP contribution in [0.25, 0.3) is 44.6 Å². The number of aliphatic hydroxyl groups is 4. The number of rotatable bonds is 8. The molecule has 6 N–H and O–H groups in total. The number of likely N-dealkylation sites (tertiary alicyclic amines) is 1. The van der Waals surface area contributed by atoms with Gasteiger partial charge in [-0.1, -0.05) is 66.7 Å². The minimum absolute atomic E-state index is 0.0565. The van der Waals surface area contributed by atoms with Gasteiger partial charge in [0.15, 0.2) is 6.29 Å². The SMILES string of the molecule is O=C(N[C@@H]1C(O)OC(CO)[C@@H](O)[C@H]1O)c1ccc2nc(-c3ccccc3)c(-c3ccc(CN4CCC(n5c(=O)[nH]c6ccccc65)CC4)cc3)nc2c1. The Morgan fingerprint density at radius 1 is 0.830 bits per heavy atom. The molecule has 0 bridgehead atoms. The third kappa shape index (κ3) is 6.86. The summed E-state index contributed by atoms with van der Waals surface area (Å²) < 4.78 is 7.09. The molecule has 2 aliphatic rings. The molecule has 272 valence electrons. The summed E-state index contributed by atoms with van der Waals surface area (Å²) in [6.07, 6.45) is -4.12. The third-order valence-electron chi connectivity index (χ3n) is 10.4. The maximum atomic E-state index is 13.3. The van der Waals surface area contributed by atoms with E-state index in [4.69, 9.17) is 14.7 Å². The van der Waals surface area contributed by atoms with Crippen molar-refractivity contribution in [3.05, 3.63) is 119 Å². The number of hydrogen-bond acceptors (Lipinski definition) is 10. The van der Waals surface area contributed by atoms with Gasteiger partial charge in [0.2, 0.25) is 0 Å². The number of carbonyl (C=O) groups excluding carboxylic acids is 1. The molecule has 2 unspecified atom stereocenters. The van der Waals surface area contributed by atoms with Crippen molar-refractivity contribution in [2.45, 2.75) is 56.1 Å². The first-order chi connectivity index (χ1) is 25.8. The van der Waals surface area contributed by atoms with Crippen molar-refractivity contribution in [3.63, 3.8) is 0 Å². The summed E-state index contributed by atoms with van der Waals surface area (Å²) in [5, 5.41) is 43.1. The van der Waals surface area contributed by atoms with Crippen LogP contribution in [0.15, 0.2) is 102 Å². The van der Waals surface area contributed by atoms with Gasteiger partial charge in [-0.3, -0.25) is 14.3 Å². The highest BCUT2D eigenvalue weighted by Crippen LogP contribution is 2.32. The Kier molecular flexibility index (Phi) is 9.60. The van der Waals surface area contributed by atoms with Gasteiger partial charge in [-0.25, -0.2) is 14.8 Å². The predicted molar refractivity (Wildman–Crippen MR) is 198 cm³/mol. The molecule has 5 atom stereocenters. The second-order valence-corrected chi connectivity index (χ2v) is 13.7. The highest BCUT2D eigenvalue weighted by molar-refractivity contribution is 5.98. The van der Waals surface area contributed by atoms with E-state index in [1.54, 1.807) is 18.2 Å². The van der Waals surface area contributed by atoms with Crippen molar-refractivity contribution >= 4 is 28.0 Å². The number of aromatic amines is 1. The first-order valence-corrected chi connectivity index (χ1v) is 17.8. The van der Waals surface area contributed by atoms with Gasteiger partial charge in [-0.15, -0.1) is 0 Å². The van der Waals surface area contributed by atoms with Crippen LogP contribution < -0.4 is 11.0 Å². The largest absolute Gasteiger partial charge is 0.394 e. The molecule has 1 amide bonds. The van der Waals surface area contributed by atoms with E-state index in [1.807, 2.05) is 71.3 Å². The molecule has 8 rings (SSSR count). The van der Waals surface area contributed by atoms with Crippen molar-refractivity contribution in [1.82, 2.24) is 29.7 Å². The topological polar surface area (TPSA) is 186 Å². The Bertz CT molecular complexity index is 2300. The minimum Gasteiger partial charge on any atom is -0.394 e. The number of nitrogens with zero attached hydrogens (tertiary/aromatic N) is 4. The molecular weight excluding hydrogens is 676 g/mol. The van der Waals surface area contributed by atoms with Crippen LogP contribution in [0.5, 0.6) is 0 Å². The number of ether oxygens (including phenoxy) is 1. The molecule has 2 aromatic heterocycles. The van der Waals surface area contributed by atoms with E-state index < -0.39 is 43.2 Å². The Morgan fingerprint density at radius 2 is 1.51 bits per heavy atom. The Balaban J connectivity index is 1.01. The summed E-state index contributed by atoms with van der Waals surface area (Å²) in [6, 6.07) is 29.5. The quantitative estimate of drug-likeness (QED) is 0.137. The number of nitrogens with one attached hydrogen (secondary N) is 2. The van der Waals surface area contributed by atoms with Gasteiger partial charge < -0.3 is 35.5 Å². The fourth-order valence-corrected chi connectivity index (χ4v) is 7.48. The van der Waals surface area contributed by atoms with E-state index in [1.165, 1.54) is 0 Å². The number of aromatic nitrogens is 4. The summed E-state index contributed by atoms with van der Waals surface area (Å²) in [4.78, 5) is 41.4. The normalized spacial score (nSPS) is 22.7. The molecule has 2 aliphatic heterocycles. The molecule has 0 saturated carbocycles. The van der Waals surface area contributed by atoms with Gasteiger partial charge in [-0.2, -0.15) is 0 Å². The lowest BCUT2D eigenvalue weighted by Gasteiger charge is -2.40. The molecule has 0 aliphatic carbocycles. The van der Waals surface area contributed by atoms with E-state index in [2.05, 4.69) is 27.3 Å². The first-order valence-electron chi connectivity index (χ1n) is 17.8. The molecule has 53 heavy (non-hydrogen) atoms. The lowest BCUT2D eigenvalue weighted by molar-refractivity contribution is -0.252. The fourth-order valence-electron chi connectivity index (χ4n) is 7.48. The second-order valence-electron chi connectivity index (χ2n) is 13.7. The van der Waals surface area contributed by atoms with Gasteiger partial charge in [0, 0.05) is 42.4 Å². The zero-order valence-corrected chi connectivity index (χ0v) is 28.7. The molecule has 2 saturated heterocycles.